The first-order chi connectivity index (χ1) is 9.08. The molecule has 0 aliphatic rings. The maximum absolute atomic E-state index is 12.0. The number of carbonyl (C=O) groups is 2. The lowest BCUT2D eigenvalue weighted by molar-refractivity contribution is -0.140. The first-order valence-electron chi connectivity index (χ1n) is 5.57. The van der Waals surface area contributed by atoms with Crippen molar-refractivity contribution >= 4 is 23.4 Å². The lowest BCUT2D eigenvalue weighted by Crippen LogP contribution is -2.21. The number of aliphatic carboxylic acids is 1. The second kappa shape index (κ2) is 5.67. The highest BCUT2D eigenvalue weighted by molar-refractivity contribution is 6.30. The third-order valence-electron chi connectivity index (χ3n) is 2.71. The molecule has 0 saturated carbocycles. The Morgan fingerprint density at radius 3 is 2.53 bits per heavy atom. The van der Waals surface area contributed by atoms with E-state index >= 15 is 0 Å². The number of halogens is 1. The van der Waals surface area contributed by atoms with E-state index in [2.05, 4.69) is 4.98 Å². The zero-order valence-electron chi connectivity index (χ0n) is 9.86. The van der Waals surface area contributed by atoms with Gasteiger partial charge in [0.1, 0.15) is 6.04 Å². The van der Waals surface area contributed by atoms with Crippen LogP contribution in [0.5, 0.6) is 0 Å². The first kappa shape index (κ1) is 13.3. The van der Waals surface area contributed by atoms with Crippen LogP contribution in [-0.4, -0.2) is 26.4 Å². The Balaban J connectivity index is 2.16. The van der Waals surface area contributed by atoms with Crippen LogP contribution in [0.1, 0.15) is 22.8 Å². The average Bonchev–Trinajstić information content (AvgIpc) is 2.89. The molecule has 98 valence electrons. The van der Waals surface area contributed by atoms with Crippen molar-refractivity contribution in [2.45, 2.75) is 12.5 Å². The zero-order chi connectivity index (χ0) is 13.8. The molecule has 0 radical (unpaired) electrons. The molecule has 1 aromatic carbocycles. The van der Waals surface area contributed by atoms with Crippen LogP contribution in [0, 0.1) is 0 Å². The summed E-state index contributed by atoms with van der Waals surface area (Å²) in [7, 11) is 0. The minimum atomic E-state index is -1.07. The van der Waals surface area contributed by atoms with Crippen LogP contribution in [0.4, 0.5) is 0 Å². The van der Waals surface area contributed by atoms with Gasteiger partial charge in [-0.2, -0.15) is 0 Å². The van der Waals surface area contributed by atoms with Crippen molar-refractivity contribution in [2.75, 3.05) is 0 Å². The minimum Gasteiger partial charge on any atom is -0.480 e. The van der Waals surface area contributed by atoms with Gasteiger partial charge in [0.05, 0.1) is 6.33 Å². The third-order valence-corrected chi connectivity index (χ3v) is 2.97. The van der Waals surface area contributed by atoms with Gasteiger partial charge < -0.3 is 9.67 Å². The number of carbonyl (C=O) groups excluding carboxylic acids is 1. The van der Waals surface area contributed by atoms with E-state index in [0.29, 0.717) is 10.6 Å². The molecule has 0 fully saturated rings. The molecule has 0 saturated heterocycles. The van der Waals surface area contributed by atoms with Gasteiger partial charge in [0.15, 0.2) is 5.78 Å². The number of rotatable bonds is 5. The van der Waals surface area contributed by atoms with E-state index < -0.39 is 12.0 Å². The molecule has 0 amide bonds. The van der Waals surface area contributed by atoms with E-state index in [1.165, 1.54) is 23.3 Å². The van der Waals surface area contributed by atoms with Gasteiger partial charge in [-0.15, -0.1) is 0 Å². The van der Waals surface area contributed by atoms with Crippen LogP contribution in [0.25, 0.3) is 0 Å². The second-order valence-corrected chi connectivity index (χ2v) is 4.43. The number of nitrogens with zero attached hydrogens (tertiary/aromatic N) is 2. The normalized spacial score (nSPS) is 12.1. The van der Waals surface area contributed by atoms with Crippen LogP contribution in [0.3, 0.4) is 0 Å². The summed E-state index contributed by atoms with van der Waals surface area (Å²) < 4.78 is 1.40. The van der Waals surface area contributed by atoms with Crippen LogP contribution in [-0.2, 0) is 4.79 Å². The molecule has 6 heteroatoms. The first-order valence-corrected chi connectivity index (χ1v) is 5.94. The number of imidazole rings is 1. The van der Waals surface area contributed by atoms with E-state index in [0.717, 1.165) is 0 Å². The summed E-state index contributed by atoms with van der Waals surface area (Å²) in [6.07, 6.45) is 4.25. The molecular weight excluding hydrogens is 268 g/mol. The maximum Gasteiger partial charge on any atom is 0.327 e. The van der Waals surface area contributed by atoms with Gasteiger partial charge in [-0.3, -0.25) is 4.79 Å². The van der Waals surface area contributed by atoms with Crippen molar-refractivity contribution in [1.29, 1.82) is 0 Å². The van der Waals surface area contributed by atoms with Crippen LogP contribution in [0.15, 0.2) is 43.0 Å². The van der Waals surface area contributed by atoms with Crippen LogP contribution in [0.2, 0.25) is 5.02 Å². The predicted octanol–water partition coefficient (Wildman–Crippen LogP) is 2.44. The smallest absolute Gasteiger partial charge is 0.327 e. The van der Waals surface area contributed by atoms with Gasteiger partial charge in [-0.25, -0.2) is 9.78 Å². The number of hydrogen-bond acceptors (Lipinski definition) is 3. The Bertz CT molecular complexity index is 578. The third kappa shape index (κ3) is 3.20. The summed E-state index contributed by atoms with van der Waals surface area (Å²) in [4.78, 5) is 27.0. The number of benzene rings is 1. The van der Waals surface area contributed by atoms with Gasteiger partial charge in [-0.05, 0) is 24.3 Å². The van der Waals surface area contributed by atoms with Gasteiger partial charge in [0, 0.05) is 29.4 Å². The summed E-state index contributed by atoms with van der Waals surface area (Å²) in [5.74, 6) is -1.32. The topological polar surface area (TPSA) is 72.2 Å². The van der Waals surface area contributed by atoms with Gasteiger partial charge in [0.2, 0.25) is 0 Å². The Hall–Kier alpha value is -2.14. The highest BCUT2D eigenvalue weighted by atomic mass is 35.5. The number of Topliss-reactive ketones (excluding diaryl/α,β-unsaturated/α-hetero) is 1. The van der Waals surface area contributed by atoms with Crippen molar-refractivity contribution < 1.29 is 14.7 Å². The molecule has 0 unspecified atom stereocenters. The molecule has 1 aromatic heterocycles. The van der Waals surface area contributed by atoms with E-state index in [1.807, 2.05) is 0 Å². The van der Waals surface area contributed by atoms with Gasteiger partial charge in [-0.1, -0.05) is 11.6 Å². The van der Waals surface area contributed by atoms with Crippen molar-refractivity contribution in [3.63, 3.8) is 0 Å². The predicted molar refractivity (Wildman–Crippen MR) is 69.3 cm³/mol. The number of carboxylic acid groups (broad SMARTS) is 1. The van der Waals surface area contributed by atoms with Gasteiger partial charge in [0.25, 0.3) is 0 Å². The Kier molecular flexibility index (Phi) is 3.97. The number of hydrogen-bond donors (Lipinski definition) is 1. The standard InChI is InChI=1S/C13H11ClN2O3/c14-10-3-1-9(2-4-10)12(17)7-11(13(18)19)16-6-5-15-8-16/h1-6,8,11H,7H2,(H,18,19)/t11-/m1/s1. The molecule has 1 heterocycles. The molecule has 0 bridgehead atoms. The molecular formula is C13H11ClN2O3. The fourth-order valence-electron chi connectivity index (χ4n) is 1.70. The molecule has 2 aromatic rings. The molecule has 0 aliphatic carbocycles. The largest absolute Gasteiger partial charge is 0.480 e. The second-order valence-electron chi connectivity index (χ2n) is 4.00. The highest BCUT2D eigenvalue weighted by Gasteiger charge is 2.23. The summed E-state index contributed by atoms with van der Waals surface area (Å²) in [5, 5.41) is 9.69. The summed E-state index contributed by atoms with van der Waals surface area (Å²) in [5.41, 5.74) is 0.441. The summed E-state index contributed by atoms with van der Waals surface area (Å²) in [6, 6.07) is 5.41. The van der Waals surface area contributed by atoms with Crippen molar-refractivity contribution in [1.82, 2.24) is 9.55 Å². The van der Waals surface area contributed by atoms with Gasteiger partial charge >= 0.3 is 5.97 Å². The van der Waals surface area contributed by atoms with E-state index in [-0.39, 0.29) is 12.2 Å². The Morgan fingerprint density at radius 2 is 2.00 bits per heavy atom. The minimum absolute atomic E-state index is 0.132. The lowest BCUT2D eigenvalue weighted by Gasteiger charge is -2.12. The summed E-state index contributed by atoms with van der Waals surface area (Å²) in [6.45, 7) is 0. The SMILES string of the molecule is O=C(C[C@H](C(=O)O)n1ccnc1)c1ccc(Cl)cc1. The van der Waals surface area contributed by atoms with Crippen molar-refractivity contribution in [3.8, 4) is 0 Å². The Labute approximate surface area is 114 Å². The molecule has 0 spiro atoms. The van der Waals surface area contributed by atoms with Crippen LogP contribution >= 0.6 is 11.6 Å². The fraction of sp³-hybridized carbons (Fsp3) is 0.154. The Morgan fingerprint density at radius 1 is 1.32 bits per heavy atom. The van der Waals surface area contributed by atoms with Crippen molar-refractivity contribution in [2.24, 2.45) is 0 Å². The molecule has 1 N–H and O–H groups in total. The van der Waals surface area contributed by atoms with E-state index in [1.54, 1.807) is 24.3 Å². The molecule has 5 nitrogen and oxygen atoms in total. The monoisotopic (exact) mass is 278 g/mol. The fourth-order valence-corrected chi connectivity index (χ4v) is 1.83. The quantitative estimate of drug-likeness (QED) is 0.853. The average molecular weight is 279 g/mol. The zero-order valence-corrected chi connectivity index (χ0v) is 10.6. The van der Waals surface area contributed by atoms with Crippen LogP contribution < -0.4 is 0 Å². The van der Waals surface area contributed by atoms with E-state index in [9.17, 15) is 9.59 Å². The summed E-state index contributed by atoms with van der Waals surface area (Å²) >= 11 is 5.74. The molecule has 0 aliphatic heterocycles. The molecule has 2 rings (SSSR count). The maximum atomic E-state index is 12.0. The number of aromatic nitrogens is 2. The lowest BCUT2D eigenvalue weighted by atomic mass is 10.0. The highest BCUT2D eigenvalue weighted by Crippen LogP contribution is 2.17. The number of ketones is 1. The van der Waals surface area contributed by atoms with Crippen molar-refractivity contribution in [3.05, 3.63) is 53.6 Å². The van der Waals surface area contributed by atoms with E-state index in [4.69, 9.17) is 16.7 Å². The number of carboxylic acids is 1. The molecule has 1 atom stereocenters. The molecule has 19 heavy (non-hydrogen) atoms.